The number of rotatable bonds is 12. The van der Waals surface area contributed by atoms with Crippen LogP contribution in [0.4, 0.5) is 11.4 Å². The summed E-state index contributed by atoms with van der Waals surface area (Å²) in [5, 5.41) is 7.28. The molecular formula is C27H34N2O2. The number of nitrogens with one attached hydrogen (secondary N) is 2. The molecule has 4 heteroatoms. The maximum Gasteiger partial charge on any atom is 0.0701 e. The molecule has 1 unspecified atom stereocenters. The van der Waals surface area contributed by atoms with Crippen LogP contribution in [0.5, 0.6) is 0 Å². The van der Waals surface area contributed by atoms with Gasteiger partial charge in [-0.05, 0) is 43.5 Å². The molecule has 0 bridgehead atoms. The molecule has 0 aliphatic heterocycles. The van der Waals surface area contributed by atoms with Crippen molar-refractivity contribution in [2.75, 3.05) is 37.6 Å². The van der Waals surface area contributed by atoms with Gasteiger partial charge < -0.3 is 20.1 Å². The summed E-state index contributed by atoms with van der Waals surface area (Å²) in [4.78, 5) is 0. The third kappa shape index (κ3) is 7.74. The van der Waals surface area contributed by atoms with Crippen molar-refractivity contribution < 1.29 is 9.47 Å². The Hall–Kier alpha value is -2.82. The van der Waals surface area contributed by atoms with Crippen LogP contribution in [0.2, 0.25) is 0 Å². The number of hydrogen-bond donors (Lipinski definition) is 2. The summed E-state index contributed by atoms with van der Waals surface area (Å²) in [6, 6.07) is 25.9. The summed E-state index contributed by atoms with van der Waals surface area (Å²) in [5.74, 6) is 0. The molecule has 0 amide bonds. The quantitative estimate of drug-likeness (QED) is 0.376. The van der Waals surface area contributed by atoms with E-state index in [4.69, 9.17) is 9.47 Å². The molecule has 0 saturated carbocycles. The molecule has 0 radical (unpaired) electrons. The number of anilines is 2. The van der Waals surface area contributed by atoms with Gasteiger partial charge in [-0.3, -0.25) is 0 Å². The fourth-order valence-electron chi connectivity index (χ4n) is 3.41. The molecule has 3 aromatic carbocycles. The highest BCUT2D eigenvalue weighted by Crippen LogP contribution is 2.23. The summed E-state index contributed by atoms with van der Waals surface area (Å²) in [5.41, 5.74) is 7.28. The van der Waals surface area contributed by atoms with E-state index in [1.807, 2.05) is 0 Å². The monoisotopic (exact) mass is 418 g/mol. The van der Waals surface area contributed by atoms with Crippen LogP contribution < -0.4 is 10.6 Å². The van der Waals surface area contributed by atoms with Crippen LogP contribution in [0.1, 0.15) is 22.3 Å². The molecule has 3 rings (SSSR count). The van der Waals surface area contributed by atoms with Gasteiger partial charge in [-0.2, -0.15) is 0 Å². The van der Waals surface area contributed by atoms with E-state index in [0.717, 1.165) is 24.3 Å². The van der Waals surface area contributed by atoms with Gasteiger partial charge in [0.2, 0.25) is 0 Å². The Balaban J connectivity index is 1.68. The highest BCUT2D eigenvalue weighted by molar-refractivity contribution is 5.69. The molecule has 3 aromatic rings. The average molecular weight is 419 g/mol. The second-order valence-electron chi connectivity index (χ2n) is 7.98. The zero-order chi connectivity index (χ0) is 21.9. The van der Waals surface area contributed by atoms with Gasteiger partial charge in [-0.25, -0.2) is 0 Å². The van der Waals surface area contributed by atoms with E-state index >= 15 is 0 Å². The number of ether oxygens (including phenoxy) is 2. The molecule has 2 N–H and O–H groups in total. The van der Waals surface area contributed by atoms with Gasteiger partial charge in [-0.1, -0.05) is 71.8 Å². The molecule has 0 fully saturated rings. The topological polar surface area (TPSA) is 42.5 Å². The van der Waals surface area contributed by atoms with E-state index in [-0.39, 0.29) is 6.04 Å². The minimum atomic E-state index is 0.155. The van der Waals surface area contributed by atoms with Gasteiger partial charge in [0.25, 0.3) is 0 Å². The van der Waals surface area contributed by atoms with E-state index < -0.39 is 0 Å². The molecule has 0 aliphatic rings. The van der Waals surface area contributed by atoms with Crippen LogP contribution in [-0.4, -0.2) is 33.0 Å². The lowest BCUT2D eigenvalue weighted by molar-refractivity contribution is 0.0659. The van der Waals surface area contributed by atoms with Crippen LogP contribution in [0.15, 0.2) is 72.8 Å². The molecule has 0 saturated heterocycles. The van der Waals surface area contributed by atoms with E-state index in [9.17, 15) is 0 Å². The summed E-state index contributed by atoms with van der Waals surface area (Å²) in [6.45, 7) is 6.82. The SMILES string of the molecule is COCCOCC(Cc1ccc(C)cc1)Nc1ccccc1NCc1ccc(C)cc1. The molecule has 31 heavy (non-hydrogen) atoms. The lowest BCUT2D eigenvalue weighted by Crippen LogP contribution is -2.29. The van der Waals surface area contributed by atoms with E-state index in [1.165, 1.54) is 22.3 Å². The number of para-hydroxylation sites is 2. The minimum absolute atomic E-state index is 0.155. The molecule has 0 heterocycles. The fourth-order valence-corrected chi connectivity index (χ4v) is 3.41. The van der Waals surface area contributed by atoms with Gasteiger partial charge in [-0.15, -0.1) is 0 Å². The molecule has 1 atom stereocenters. The number of aryl methyl sites for hydroxylation is 2. The molecule has 164 valence electrons. The Kier molecular flexibility index (Phi) is 8.95. The molecule has 0 aromatic heterocycles. The Bertz CT molecular complexity index is 907. The van der Waals surface area contributed by atoms with Crippen LogP contribution in [-0.2, 0) is 22.4 Å². The maximum absolute atomic E-state index is 5.88. The number of hydrogen-bond acceptors (Lipinski definition) is 4. The highest BCUT2D eigenvalue weighted by atomic mass is 16.5. The Labute approximate surface area is 186 Å². The maximum atomic E-state index is 5.88. The van der Waals surface area contributed by atoms with Crippen molar-refractivity contribution in [3.8, 4) is 0 Å². The van der Waals surface area contributed by atoms with Crippen LogP contribution in [0.3, 0.4) is 0 Å². The largest absolute Gasteiger partial charge is 0.382 e. The zero-order valence-electron chi connectivity index (χ0n) is 18.9. The van der Waals surface area contributed by atoms with Gasteiger partial charge in [0.15, 0.2) is 0 Å². The third-order valence-corrected chi connectivity index (χ3v) is 5.24. The first-order chi connectivity index (χ1) is 15.1. The summed E-state index contributed by atoms with van der Waals surface area (Å²) >= 11 is 0. The molecular weight excluding hydrogens is 384 g/mol. The van der Waals surface area contributed by atoms with Gasteiger partial charge in [0, 0.05) is 13.7 Å². The second kappa shape index (κ2) is 12.1. The number of benzene rings is 3. The van der Waals surface area contributed by atoms with Crippen molar-refractivity contribution in [1.29, 1.82) is 0 Å². The minimum Gasteiger partial charge on any atom is -0.382 e. The van der Waals surface area contributed by atoms with Crippen molar-refractivity contribution in [2.45, 2.75) is 32.9 Å². The summed E-state index contributed by atoms with van der Waals surface area (Å²) in [6.07, 6.45) is 0.888. The first-order valence-corrected chi connectivity index (χ1v) is 10.9. The van der Waals surface area contributed by atoms with E-state index in [1.54, 1.807) is 7.11 Å². The average Bonchev–Trinajstić information content (AvgIpc) is 2.78. The lowest BCUT2D eigenvalue weighted by Gasteiger charge is -2.23. The molecule has 0 aliphatic carbocycles. The van der Waals surface area contributed by atoms with Crippen molar-refractivity contribution in [2.24, 2.45) is 0 Å². The lowest BCUT2D eigenvalue weighted by atomic mass is 10.0. The van der Waals surface area contributed by atoms with Crippen LogP contribution in [0.25, 0.3) is 0 Å². The van der Waals surface area contributed by atoms with Crippen LogP contribution >= 0.6 is 0 Å². The summed E-state index contributed by atoms with van der Waals surface area (Å²) < 4.78 is 11.0. The Morgan fingerprint density at radius 1 is 0.742 bits per heavy atom. The predicted molar refractivity (Wildman–Crippen MR) is 130 cm³/mol. The first-order valence-electron chi connectivity index (χ1n) is 10.9. The number of methoxy groups -OCH3 is 1. The van der Waals surface area contributed by atoms with Gasteiger partial charge in [0.05, 0.1) is 37.2 Å². The first kappa shape index (κ1) is 22.9. The van der Waals surface area contributed by atoms with Gasteiger partial charge in [0.1, 0.15) is 0 Å². The van der Waals surface area contributed by atoms with Gasteiger partial charge >= 0.3 is 0 Å². The Morgan fingerprint density at radius 3 is 2.00 bits per heavy atom. The molecule has 0 spiro atoms. The van der Waals surface area contributed by atoms with Crippen molar-refractivity contribution in [3.63, 3.8) is 0 Å². The van der Waals surface area contributed by atoms with Crippen molar-refractivity contribution in [3.05, 3.63) is 95.1 Å². The van der Waals surface area contributed by atoms with E-state index in [0.29, 0.717) is 19.8 Å². The normalized spacial score (nSPS) is 11.8. The zero-order valence-corrected chi connectivity index (χ0v) is 18.9. The fraction of sp³-hybridized carbons (Fsp3) is 0.333. The molecule has 4 nitrogen and oxygen atoms in total. The third-order valence-electron chi connectivity index (χ3n) is 5.24. The Morgan fingerprint density at radius 2 is 1.35 bits per heavy atom. The highest BCUT2D eigenvalue weighted by Gasteiger charge is 2.13. The van der Waals surface area contributed by atoms with E-state index in [2.05, 4.69) is 97.3 Å². The van der Waals surface area contributed by atoms with Crippen LogP contribution in [0, 0.1) is 13.8 Å². The predicted octanol–water partition coefficient (Wildman–Crippen LogP) is 5.60. The summed E-state index contributed by atoms with van der Waals surface area (Å²) in [7, 11) is 1.70. The standard InChI is InChI=1S/C27H34N2O2/c1-21-8-12-23(13-9-21)18-25(20-31-17-16-30-3)29-27-7-5-4-6-26(27)28-19-24-14-10-22(2)11-15-24/h4-15,25,28-29H,16-20H2,1-3H3. The van der Waals surface area contributed by atoms with Crippen molar-refractivity contribution in [1.82, 2.24) is 0 Å². The second-order valence-corrected chi connectivity index (χ2v) is 7.98. The smallest absolute Gasteiger partial charge is 0.0701 e. The van der Waals surface area contributed by atoms with Crippen molar-refractivity contribution >= 4 is 11.4 Å².